The third kappa shape index (κ3) is 7.16. The Morgan fingerprint density at radius 2 is 1.61 bits per heavy atom. The Morgan fingerprint density at radius 3 is 2.16 bits per heavy atom. The lowest BCUT2D eigenvalue weighted by Gasteiger charge is -2.19. The Labute approximate surface area is 181 Å². The minimum absolute atomic E-state index is 0.0198. The van der Waals surface area contributed by atoms with Crippen LogP contribution < -0.4 is 20.9 Å². The van der Waals surface area contributed by atoms with Gasteiger partial charge in [-0.2, -0.15) is 5.26 Å². The van der Waals surface area contributed by atoms with Gasteiger partial charge < -0.3 is 10.1 Å². The monoisotopic (exact) mass is 422 g/mol. The number of carbonyl (C=O) groups excluding carboxylic acids is 3. The topological polar surface area (TPSA) is 120 Å². The zero-order valence-corrected chi connectivity index (χ0v) is 18.0. The maximum absolute atomic E-state index is 12.2. The van der Waals surface area contributed by atoms with Crippen LogP contribution in [-0.2, 0) is 15.0 Å². The minimum atomic E-state index is -0.885. The van der Waals surface area contributed by atoms with E-state index in [1.165, 1.54) is 6.92 Å². The lowest BCUT2D eigenvalue weighted by atomic mass is 9.87. The molecule has 3 amide bonds. The van der Waals surface area contributed by atoms with Gasteiger partial charge in [-0.05, 0) is 54.3 Å². The van der Waals surface area contributed by atoms with Gasteiger partial charge in [-0.3, -0.25) is 25.2 Å². The number of hydrazine groups is 1. The Kier molecular flexibility index (Phi) is 7.75. The summed E-state index contributed by atoms with van der Waals surface area (Å²) in [4.78, 5) is 36.2. The Bertz CT molecular complexity index is 971. The van der Waals surface area contributed by atoms with E-state index >= 15 is 0 Å². The average Bonchev–Trinajstić information content (AvgIpc) is 2.75. The second-order valence-corrected chi connectivity index (χ2v) is 7.94. The molecule has 0 saturated heterocycles. The van der Waals surface area contributed by atoms with Gasteiger partial charge in [-0.15, -0.1) is 0 Å². The quantitative estimate of drug-likeness (QED) is 0.617. The fourth-order valence-electron chi connectivity index (χ4n) is 2.53. The maximum Gasteiger partial charge on any atom is 0.279 e. The second-order valence-electron chi connectivity index (χ2n) is 7.94. The average molecular weight is 422 g/mol. The lowest BCUT2D eigenvalue weighted by molar-refractivity contribution is -0.132. The van der Waals surface area contributed by atoms with Crippen molar-refractivity contribution in [3.8, 4) is 11.8 Å². The molecule has 0 heterocycles. The molecular formula is C23H26N4O4. The van der Waals surface area contributed by atoms with Crippen LogP contribution in [0, 0.1) is 11.3 Å². The number of nitriles is 1. The first-order valence-electron chi connectivity index (χ1n) is 9.74. The van der Waals surface area contributed by atoms with Crippen molar-refractivity contribution in [3.05, 3.63) is 65.2 Å². The van der Waals surface area contributed by atoms with Crippen molar-refractivity contribution in [2.24, 2.45) is 0 Å². The summed E-state index contributed by atoms with van der Waals surface area (Å²) in [6.07, 6.45) is -0.885. The molecule has 0 fully saturated rings. The van der Waals surface area contributed by atoms with E-state index in [1.807, 2.05) is 18.2 Å². The van der Waals surface area contributed by atoms with E-state index in [2.05, 4.69) is 36.9 Å². The van der Waals surface area contributed by atoms with Crippen molar-refractivity contribution in [3.63, 3.8) is 0 Å². The largest absolute Gasteiger partial charge is 0.481 e. The first-order valence-corrected chi connectivity index (χ1v) is 9.74. The summed E-state index contributed by atoms with van der Waals surface area (Å²) < 4.78 is 5.45. The summed E-state index contributed by atoms with van der Waals surface area (Å²) >= 11 is 0. The van der Waals surface area contributed by atoms with Gasteiger partial charge in [0.2, 0.25) is 0 Å². The number of ether oxygens (including phenoxy) is 1. The highest BCUT2D eigenvalue weighted by Gasteiger charge is 2.17. The molecule has 162 valence electrons. The molecule has 0 aliphatic heterocycles. The van der Waals surface area contributed by atoms with Crippen LogP contribution in [0.25, 0.3) is 0 Å². The second kappa shape index (κ2) is 10.3. The molecule has 0 unspecified atom stereocenters. The predicted octanol–water partition coefficient (Wildman–Crippen LogP) is 2.20. The summed E-state index contributed by atoms with van der Waals surface area (Å²) in [6, 6.07) is 15.4. The predicted molar refractivity (Wildman–Crippen MR) is 115 cm³/mol. The summed E-state index contributed by atoms with van der Waals surface area (Å²) in [5, 5.41) is 11.3. The van der Waals surface area contributed by atoms with Crippen molar-refractivity contribution < 1.29 is 19.1 Å². The molecule has 2 rings (SSSR count). The number of nitrogens with one attached hydrogen (secondary N) is 3. The van der Waals surface area contributed by atoms with E-state index in [4.69, 9.17) is 10.00 Å². The SMILES string of the molecule is C[C@@H](Oc1ccc(C#N)cc1)C(=O)NNC(=O)CNC(=O)c1ccc(C(C)(C)C)cc1. The zero-order chi connectivity index (χ0) is 23.0. The van der Waals surface area contributed by atoms with Crippen LogP contribution >= 0.6 is 0 Å². The number of hydrogen-bond acceptors (Lipinski definition) is 5. The van der Waals surface area contributed by atoms with Crippen LogP contribution in [0.1, 0.15) is 49.2 Å². The van der Waals surface area contributed by atoms with Crippen LogP contribution in [0.3, 0.4) is 0 Å². The molecule has 8 nitrogen and oxygen atoms in total. The third-order valence-electron chi connectivity index (χ3n) is 4.41. The smallest absolute Gasteiger partial charge is 0.279 e. The molecule has 0 spiro atoms. The van der Waals surface area contributed by atoms with Crippen molar-refractivity contribution >= 4 is 17.7 Å². The highest BCUT2D eigenvalue weighted by Crippen LogP contribution is 2.22. The molecular weight excluding hydrogens is 396 g/mol. The van der Waals surface area contributed by atoms with Crippen molar-refractivity contribution in [1.82, 2.24) is 16.2 Å². The van der Waals surface area contributed by atoms with E-state index in [9.17, 15) is 14.4 Å². The van der Waals surface area contributed by atoms with Gasteiger partial charge in [0.25, 0.3) is 17.7 Å². The number of carbonyl (C=O) groups is 3. The Morgan fingerprint density at radius 1 is 1.00 bits per heavy atom. The molecule has 0 radical (unpaired) electrons. The molecule has 0 saturated carbocycles. The first-order chi connectivity index (χ1) is 14.6. The normalized spacial score (nSPS) is 11.6. The summed E-state index contributed by atoms with van der Waals surface area (Å²) in [5.74, 6) is -1.13. The van der Waals surface area contributed by atoms with E-state index < -0.39 is 17.9 Å². The fraction of sp³-hybridized carbons (Fsp3) is 0.304. The van der Waals surface area contributed by atoms with Crippen LogP contribution in [0.4, 0.5) is 0 Å². The van der Waals surface area contributed by atoms with Gasteiger partial charge in [0, 0.05) is 5.56 Å². The molecule has 0 bridgehead atoms. The third-order valence-corrected chi connectivity index (χ3v) is 4.41. The molecule has 0 aliphatic carbocycles. The number of rotatable bonds is 6. The van der Waals surface area contributed by atoms with Gasteiger partial charge >= 0.3 is 0 Å². The molecule has 8 heteroatoms. The molecule has 0 aromatic heterocycles. The molecule has 0 aliphatic rings. The van der Waals surface area contributed by atoms with Crippen molar-refractivity contribution in [1.29, 1.82) is 5.26 Å². The standard InChI is InChI=1S/C23H26N4O4/c1-15(31-19-11-5-16(13-24)6-12-19)21(29)27-26-20(28)14-25-22(30)17-7-9-18(10-8-17)23(2,3)4/h5-12,15H,14H2,1-4H3,(H,25,30)(H,26,28)(H,27,29)/t15-/m1/s1. The zero-order valence-electron chi connectivity index (χ0n) is 18.0. The summed E-state index contributed by atoms with van der Waals surface area (Å²) in [7, 11) is 0. The van der Waals surface area contributed by atoms with E-state index in [1.54, 1.807) is 36.4 Å². The highest BCUT2D eigenvalue weighted by molar-refractivity contribution is 5.96. The number of nitrogens with zero attached hydrogens (tertiary/aromatic N) is 1. The number of benzene rings is 2. The first kappa shape index (κ1) is 23.4. The van der Waals surface area contributed by atoms with Gasteiger partial charge in [0.05, 0.1) is 18.2 Å². The van der Waals surface area contributed by atoms with Crippen LogP contribution in [-0.4, -0.2) is 30.4 Å². The molecule has 3 N–H and O–H groups in total. The molecule has 1 atom stereocenters. The van der Waals surface area contributed by atoms with E-state index in [0.29, 0.717) is 16.9 Å². The van der Waals surface area contributed by atoms with Crippen LogP contribution in [0.2, 0.25) is 0 Å². The lowest BCUT2D eigenvalue weighted by Crippen LogP contribution is -2.50. The highest BCUT2D eigenvalue weighted by atomic mass is 16.5. The Balaban J connectivity index is 1.75. The summed E-state index contributed by atoms with van der Waals surface area (Å²) in [5.41, 5.74) is 6.47. The van der Waals surface area contributed by atoms with Crippen LogP contribution in [0.5, 0.6) is 5.75 Å². The van der Waals surface area contributed by atoms with E-state index in [0.717, 1.165) is 5.56 Å². The number of amides is 3. The fourth-order valence-corrected chi connectivity index (χ4v) is 2.53. The Hall–Kier alpha value is -3.86. The van der Waals surface area contributed by atoms with Gasteiger partial charge in [0.15, 0.2) is 6.10 Å². The van der Waals surface area contributed by atoms with Crippen molar-refractivity contribution in [2.75, 3.05) is 6.54 Å². The minimum Gasteiger partial charge on any atom is -0.481 e. The molecule has 2 aromatic rings. The maximum atomic E-state index is 12.2. The van der Waals surface area contributed by atoms with Gasteiger partial charge in [-0.25, -0.2) is 0 Å². The molecule has 31 heavy (non-hydrogen) atoms. The van der Waals surface area contributed by atoms with Crippen molar-refractivity contribution in [2.45, 2.75) is 39.2 Å². The van der Waals surface area contributed by atoms with E-state index in [-0.39, 0.29) is 17.9 Å². The van der Waals surface area contributed by atoms with Gasteiger partial charge in [0.1, 0.15) is 5.75 Å². The van der Waals surface area contributed by atoms with Gasteiger partial charge in [-0.1, -0.05) is 32.9 Å². The molecule has 2 aromatic carbocycles. The van der Waals surface area contributed by atoms with Crippen LogP contribution in [0.15, 0.2) is 48.5 Å². The summed E-state index contributed by atoms with van der Waals surface area (Å²) in [6.45, 7) is 7.46. The number of hydrogen-bond donors (Lipinski definition) is 3.